The van der Waals surface area contributed by atoms with Crippen molar-refractivity contribution in [2.45, 2.75) is 38.3 Å². The largest absolute Gasteiger partial charge is 0.314 e. The molecule has 0 bridgehead atoms. The van der Waals surface area contributed by atoms with E-state index in [1.54, 1.807) is 0 Å². The molecule has 0 spiro atoms. The number of nitrogens with zero attached hydrogens (tertiary/aromatic N) is 3. The van der Waals surface area contributed by atoms with Gasteiger partial charge < -0.3 is 5.32 Å². The highest BCUT2D eigenvalue weighted by Crippen LogP contribution is 2.27. The Morgan fingerprint density at radius 2 is 2.11 bits per heavy atom. The average molecular weight is 287 g/mol. The van der Waals surface area contributed by atoms with Gasteiger partial charge >= 0.3 is 0 Å². The van der Waals surface area contributed by atoms with Gasteiger partial charge in [-0.25, -0.2) is 0 Å². The van der Waals surface area contributed by atoms with Gasteiger partial charge in [0.1, 0.15) is 5.01 Å². The molecule has 1 atom stereocenters. The standard InChI is InChI=1S/C12H19ClN4S/c13-12-16-15-11(18-12)8-17-6-3-9(4-7-17)10-2-1-5-14-10/h9-10,14H,1-8H2. The Hall–Kier alpha value is -0.230. The Balaban J connectivity index is 1.47. The summed E-state index contributed by atoms with van der Waals surface area (Å²) in [5, 5.41) is 12.6. The molecule has 0 aromatic carbocycles. The zero-order valence-electron chi connectivity index (χ0n) is 10.4. The number of piperidine rings is 1. The molecule has 2 saturated heterocycles. The fourth-order valence-corrected chi connectivity index (χ4v) is 4.03. The summed E-state index contributed by atoms with van der Waals surface area (Å²) in [6.45, 7) is 4.49. The first-order valence-corrected chi connectivity index (χ1v) is 7.94. The van der Waals surface area contributed by atoms with Crippen LogP contribution in [0.2, 0.25) is 4.47 Å². The summed E-state index contributed by atoms with van der Waals surface area (Å²) in [7, 11) is 0. The quantitative estimate of drug-likeness (QED) is 0.924. The van der Waals surface area contributed by atoms with E-state index in [-0.39, 0.29) is 0 Å². The maximum Gasteiger partial charge on any atom is 0.207 e. The number of halogens is 1. The highest BCUT2D eigenvalue weighted by Gasteiger charge is 2.28. The topological polar surface area (TPSA) is 41.1 Å². The minimum atomic E-state index is 0.551. The zero-order valence-corrected chi connectivity index (χ0v) is 12.0. The van der Waals surface area contributed by atoms with Gasteiger partial charge in [0, 0.05) is 6.04 Å². The second kappa shape index (κ2) is 5.82. The van der Waals surface area contributed by atoms with Gasteiger partial charge in [-0.3, -0.25) is 4.90 Å². The number of hydrogen-bond acceptors (Lipinski definition) is 5. The van der Waals surface area contributed by atoms with Crippen LogP contribution in [0.15, 0.2) is 0 Å². The fourth-order valence-electron chi connectivity index (χ4n) is 3.12. The monoisotopic (exact) mass is 286 g/mol. The summed E-state index contributed by atoms with van der Waals surface area (Å²) in [6, 6.07) is 0.781. The number of likely N-dealkylation sites (tertiary alicyclic amines) is 1. The molecule has 3 rings (SSSR count). The fraction of sp³-hybridized carbons (Fsp3) is 0.833. The van der Waals surface area contributed by atoms with E-state index in [2.05, 4.69) is 20.4 Å². The summed E-state index contributed by atoms with van der Waals surface area (Å²) < 4.78 is 0.551. The van der Waals surface area contributed by atoms with Gasteiger partial charge in [-0.1, -0.05) is 11.3 Å². The summed E-state index contributed by atoms with van der Waals surface area (Å²) in [5.41, 5.74) is 0. The number of aromatic nitrogens is 2. The third-order valence-electron chi connectivity index (χ3n) is 4.10. The van der Waals surface area contributed by atoms with E-state index in [0.29, 0.717) is 4.47 Å². The highest BCUT2D eigenvalue weighted by atomic mass is 35.5. The summed E-state index contributed by atoms with van der Waals surface area (Å²) in [4.78, 5) is 2.47. The van der Waals surface area contributed by atoms with Crippen LogP contribution < -0.4 is 5.32 Å². The predicted octanol–water partition coefficient (Wildman–Crippen LogP) is 2.16. The molecule has 3 heterocycles. The molecule has 2 fully saturated rings. The van der Waals surface area contributed by atoms with E-state index >= 15 is 0 Å². The smallest absolute Gasteiger partial charge is 0.207 e. The Morgan fingerprint density at radius 1 is 1.28 bits per heavy atom. The molecule has 0 aliphatic carbocycles. The lowest BCUT2D eigenvalue weighted by atomic mass is 9.88. The van der Waals surface area contributed by atoms with Gasteiger partial charge in [0.05, 0.1) is 6.54 Å². The SMILES string of the molecule is Clc1nnc(CN2CCC(C3CCCN3)CC2)s1. The number of rotatable bonds is 3. The molecule has 0 radical (unpaired) electrons. The molecule has 2 aliphatic heterocycles. The van der Waals surface area contributed by atoms with E-state index in [1.165, 1.54) is 56.7 Å². The van der Waals surface area contributed by atoms with Crippen LogP contribution in [-0.2, 0) is 6.54 Å². The molecular weight excluding hydrogens is 268 g/mol. The lowest BCUT2D eigenvalue weighted by Crippen LogP contribution is -2.40. The van der Waals surface area contributed by atoms with Crippen molar-refractivity contribution in [2.75, 3.05) is 19.6 Å². The van der Waals surface area contributed by atoms with Crippen LogP contribution >= 0.6 is 22.9 Å². The molecule has 4 nitrogen and oxygen atoms in total. The van der Waals surface area contributed by atoms with E-state index in [4.69, 9.17) is 11.6 Å². The molecule has 1 unspecified atom stereocenters. The van der Waals surface area contributed by atoms with Gasteiger partial charge in [0.2, 0.25) is 4.47 Å². The summed E-state index contributed by atoms with van der Waals surface area (Å²) >= 11 is 7.30. The van der Waals surface area contributed by atoms with Crippen molar-refractivity contribution < 1.29 is 0 Å². The third kappa shape index (κ3) is 3.02. The Bertz CT molecular complexity index is 383. The molecule has 0 saturated carbocycles. The van der Waals surface area contributed by atoms with Crippen molar-refractivity contribution in [2.24, 2.45) is 5.92 Å². The van der Waals surface area contributed by atoms with E-state index in [9.17, 15) is 0 Å². The van der Waals surface area contributed by atoms with Crippen LogP contribution in [0.4, 0.5) is 0 Å². The molecule has 2 aliphatic rings. The van der Waals surface area contributed by atoms with Crippen molar-refractivity contribution in [1.29, 1.82) is 0 Å². The van der Waals surface area contributed by atoms with E-state index < -0.39 is 0 Å². The molecule has 0 amide bonds. The molecule has 1 aromatic heterocycles. The van der Waals surface area contributed by atoms with E-state index in [1.807, 2.05) is 0 Å². The lowest BCUT2D eigenvalue weighted by molar-refractivity contribution is 0.157. The first kappa shape index (κ1) is 12.8. The zero-order chi connectivity index (χ0) is 12.4. The lowest BCUT2D eigenvalue weighted by Gasteiger charge is -2.34. The second-order valence-electron chi connectivity index (χ2n) is 5.27. The third-order valence-corrected chi connectivity index (χ3v) is 5.10. The molecular formula is C12H19ClN4S. The maximum atomic E-state index is 5.81. The van der Waals surface area contributed by atoms with Crippen molar-refractivity contribution in [3.05, 3.63) is 9.47 Å². The Kier molecular flexibility index (Phi) is 4.13. The Labute approximate surface area is 117 Å². The highest BCUT2D eigenvalue weighted by molar-refractivity contribution is 7.15. The van der Waals surface area contributed by atoms with Crippen molar-refractivity contribution >= 4 is 22.9 Å². The van der Waals surface area contributed by atoms with Gasteiger partial charge in [0.15, 0.2) is 0 Å². The van der Waals surface area contributed by atoms with Gasteiger partial charge in [-0.2, -0.15) is 0 Å². The van der Waals surface area contributed by atoms with Gasteiger partial charge in [-0.15, -0.1) is 10.2 Å². The predicted molar refractivity (Wildman–Crippen MR) is 73.9 cm³/mol. The molecule has 6 heteroatoms. The molecule has 1 aromatic rings. The maximum absolute atomic E-state index is 5.81. The van der Waals surface area contributed by atoms with E-state index in [0.717, 1.165) is 23.5 Å². The van der Waals surface area contributed by atoms with Crippen molar-refractivity contribution in [3.63, 3.8) is 0 Å². The van der Waals surface area contributed by atoms with Crippen LogP contribution in [0.3, 0.4) is 0 Å². The first-order valence-electron chi connectivity index (χ1n) is 6.75. The molecule has 100 valence electrons. The van der Waals surface area contributed by atoms with Crippen LogP contribution in [0.1, 0.15) is 30.7 Å². The average Bonchev–Trinajstić information content (AvgIpc) is 3.02. The Morgan fingerprint density at radius 3 is 2.72 bits per heavy atom. The second-order valence-corrected chi connectivity index (χ2v) is 6.91. The summed E-state index contributed by atoms with van der Waals surface area (Å²) in [6.07, 6.45) is 5.35. The van der Waals surface area contributed by atoms with Crippen LogP contribution in [0.5, 0.6) is 0 Å². The molecule has 18 heavy (non-hydrogen) atoms. The minimum absolute atomic E-state index is 0.551. The van der Waals surface area contributed by atoms with Crippen LogP contribution in [-0.4, -0.2) is 40.8 Å². The number of hydrogen-bond donors (Lipinski definition) is 1. The number of nitrogens with one attached hydrogen (secondary N) is 1. The van der Waals surface area contributed by atoms with Gasteiger partial charge in [-0.05, 0) is 62.8 Å². The summed E-state index contributed by atoms with van der Waals surface area (Å²) in [5.74, 6) is 0.877. The van der Waals surface area contributed by atoms with Crippen molar-refractivity contribution in [1.82, 2.24) is 20.4 Å². The molecule has 1 N–H and O–H groups in total. The van der Waals surface area contributed by atoms with Crippen LogP contribution in [0.25, 0.3) is 0 Å². The van der Waals surface area contributed by atoms with Crippen LogP contribution in [0, 0.1) is 5.92 Å². The normalized spacial score (nSPS) is 26.8. The van der Waals surface area contributed by atoms with Crippen molar-refractivity contribution in [3.8, 4) is 0 Å². The minimum Gasteiger partial charge on any atom is -0.314 e. The first-order chi connectivity index (χ1) is 8.81. The van der Waals surface area contributed by atoms with Gasteiger partial charge in [0.25, 0.3) is 0 Å².